The molecule has 0 bridgehead atoms. The third-order valence-electron chi connectivity index (χ3n) is 3.95. The van der Waals surface area contributed by atoms with E-state index < -0.39 is 15.4 Å². The molecule has 1 saturated heterocycles. The van der Waals surface area contributed by atoms with Gasteiger partial charge in [0, 0.05) is 12.6 Å². The summed E-state index contributed by atoms with van der Waals surface area (Å²) in [5.74, 6) is 0.191. The number of carbonyl (C=O) groups is 1. The van der Waals surface area contributed by atoms with Crippen LogP contribution < -0.4 is 11.1 Å². The third-order valence-corrected chi connectivity index (χ3v) is 5.67. The van der Waals surface area contributed by atoms with Crippen LogP contribution in [0.2, 0.25) is 0 Å². The first-order valence-corrected chi connectivity index (χ1v) is 9.47. The Labute approximate surface area is 128 Å². The summed E-state index contributed by atoms with van der Waals surface area (Å²) in [7, 11) is -2.86. The van der Waals surface area contributed by atoms with Crippen molar-refractivity contribution in [3.8, 4) is 0 Å². The minimum absolute atomic E-state index is 0.186. The fourth-order valence-corrected chi connectivity index (χ4v) is 4.08. The van der Waals surface area contributed by atoms with Crippen LogP contribution >= 0.6 is 0 Å². The first kappa shape index (κ1) is 18.4. The Morgan fingerprint density at radius 1 is 1.33 bits per heavy atom. The fraction of sp³-hybridized carbons (Fsp3) is 0.929. The zero-order valence-electron chi connectivity index (χ0n) is 13.4. The van der Waals surface area contributed by atoms with Gasteiger partial charge >= 0.3 is 0 Å². The van der Waals surface area contributed by atoms with Crippen molar-refractivity contribution in [1.29, 1.82) is 0 Å². The molecular formula is C14H29N3O3S. The zero-order valence-corrected chi connectivity index (χ0v) is 14.2. The van der Waals surface area contributed by atoms with Crippen molar-refractivity contribution in [3.05, 3.63) is 0 Å². The van der Waals surface area contributed by atoms with E-state index in [-0.39, 0.29) is 23.5 Å². The van der Waals surface area contributed by atoms with Crippen molar-refractivity contribution in [3.63, 3.8) is 0 Å². The van der Waals surface area contributed by atoms with Gasteiger partial charge in [-0.3, -0.25) is 4.79 Å². The number of nitrogens with two attached hydrogens (primary N) is 1. The number of sulfone groups is 1. The molecular weight excluding hydrogens is 290 g/mol. The number of amides is 1. The number of hydrogen-bond acceptors (Lipinski definition) is 5. The monoisotopic (exact) mass is 319 g/mol. The number of carbonyl (C=O) groups excluding carboxylic acids is 1. The molecule has 0 spiro atoms. The highest BCUT2D eigenvalue weighted by atomic mass is 32.2. The van der Waals surface area contributed by atoms with E-state index in [1.165, 1.54) is 0 Å². The highest BCUT2D eigenvalue weighted by Gasteiger charge is 2.31. The third kappa shape index (κ3) is 6.32. The van der Waals surface area contributed by atoms with E-state index in [1.807, 2.05) is 20.8 Å². The van der Waals surface area contributed by atoms with Gasteiger partial charge in [-0.25, -0.2) is 8.42 Å². The molecule has 6 nitrogen and oxygen atoms in total. The molecule has 21 heavy (non-hydrogen) atoms. The second-order valence-corrected chi connectivity index (χ2v) is 8.75. The van der Waals surface area contributed by atoms with Gasteiger partial charge in [0.2, 0.25) is 5.91 Å². The maximum Gasteiger partial charge on any atom is 0.237 e. The van der Waals surface area contributed by atoms with Crippen molar-refractivity contribution in [2.45, 2.75) is 51.6 Å². The molecule has 1 aliphatic rings. The molecule has 1 heterocycles. The molecule has 0 saturated carbocycles. The predicted octanol–water partition coefficient (Wildman–Crippen LogP) is 0.129. The molecule has 1 amide bonds. The van der Waals surface area contributed by atoms with Crippen LogP contribution in [0.25, 0.3) is 0 Å². The molecule has 3 N–H and O–H groups in total. The molecule has 7 heteroatoms. The van der Waals surface area contributed by atoms with Gasteiger partial charge in [0.15, 0.2) is 9.84 Å². The molecule has 0 radical (unpaired) electrons. The zero-order chi connectivity index (χ0) is 16.1. The molecule has 1 unspecified atom stereocenters. The van der Waals surface area contributed by atoms with Gasteiger partial charge in [0.25, 0.3) is 0 Å². The predicted molar refractivity (Wildman–Crippen MR) is 84.8 cm³/mol. The van der Waals surface area contributed by atoms with Gasteiger partial charge in [-0.1, -0.05) is 0 Å². The molecule has 0 aromatic rings. The van der Waals surface area contributed by atoms with Gasteiger partial charge in [-0.05, 0) is 53.1 Å². The minimum atomic E-state index is -2.86. The van der Waals surface area contributed by atoms with Crippen LogP contribution in [-0.4, -0.2) is 61.9 Å². The minimum Gasteiger partial charge on any atom is -0.368 e. The van der Waals surface area contributed by atoms with E-state index in [9.17, 15) is 13.2 Å². The lowest BCUT2D eigenvalue weighted by molar-refractivity contribution is -0.124. The van der Waals surface area contributed by atoms with Crippen molar-refractivity contribution in [2.24, 2.45) is 5.73 Å². The smallest absolute Gasteiger partial charge is 0.237 e. The summed E-state index contributed by atoms with van der Waals surface area (Å²) in [5.41, 5.74) is 4.80. The second-order valence-electron chi connectivity index (χ2n) is 6.45. The Bertz CT molecular complexity index is 450. The van der Waals surface area contributed by atoms with Crippen LogP contribution in [0.15, 0.2) is 0 Å². The van der Waals surface area contributed by atoms with Crippen LogP contribution in [0.5, 0.6) is 0 Å². The Kier molecular flexibility index (Phi) is 6.62. The van der Waals surface area contributed by atoms with E-state index in [1.54, 1.807) is 0 Å². The fourth-order valence-electron chi connectivity index (χ4n) is 2.77. The molecule has 0 aromatic carbocycles. The van der Waals surface area contributed by atoms with Gasteiger partial charge < -0.3 is 16.0 Å². The van der Waals surface area contributed by atoms with Crippen LogP contribution in [0.3, 0.4) is 0 Å². The first-order valence-electron chi connectivity index (χ1n) is 7.65. The number of primary amides is 1. The summed E-state index contributed by atoms with van der Waals surface area (Å²) in [6.45, 7) is 8.01. The molecule has 1 atom stereocenters. The molecule has 0 aliphatic carbocycles. The van der Waals surface area contributed by atoms with E-state index in [4.69, 9.17) is 5.73 Å². The largest absolute Gasteiger partial charge is 0.368 e. The van der Waals surface area contributed by atoms with Gasteiger partial charge in [-0.15, -0.1) is 0 Å². The molecule has 124 valence electrons. The Balaban J connectivity index is 2.45. The van der Waals surface area contributed by atoms with Crippen LogP contribution in [0.1, 0.15) is 40.0 Å². The van der Waals surface area contributed by atoms with Crippen LogP contribution in [0, 0.1) is 0 Å². The lowest BCUT2D eigenvalue weighted by atomic mass is 9.93. The van der Waals surface area contributed by atoms with E-state index >= 15 is 0 Å². The van der Waals surface area contributed by atoms with Crippen molar-refractivity contribution < 1.29 is 13.2 Å². The number of nitrogens with one attached hydrogen (secondary N) is 1. The summed E-state index contributed by atoms with van der Waals surface area (Å²) >= 11 is 0. The summed E-state index contributed by atoms with van der Waals surface area (Å²) in [6, 6.07) is 0.186. The SMILES string of the molecule is CC(C)NC(C)(CCCN1CCCS(=O)(=O)CC1)C(N)=O. The molecule has 1 aliphatic heterocycles. The topological polar surface area (TPSA) is 92.5 Å². The Morgan fingerprint density at radius 3 is 2.57 bits per heavy atom. The quantitative estimate of drug-likeness (QED) is 0.696. The second kappa shape index (κ2) is 7.56. The number of nitrogens with zero attached hydrogens (tertiary/aromatic N) is 1. The van der Waals surface area contributed by atoms with E-state index in [2.05, 4.69) is 10.2 Å². The van der Waals surface area contributed by atoms with Crippen LogP contribution in [0.4, 0.5) is 0 Å². The standard InChI is InChI=1S/C14H29N3O3S/c1-12(2)16-14(3,13(15)18)6-4-7-17-8-5-10-21(19,20)11-9-17/h12,16H,4-11H2,1-3H3,(H2,15,18). The number of rotatable bonds is 7. The average Bonchev–Trinajstić information content (AvgIpc) is 2.50. The molecule has 0 aromatic heterocycles. The van der Waals surface area contributed by atoms with Crippen molar-refractivity contribution >= 4 is 15.7 Å². The summed E-state index contributed by atoms with van der Waals surface area (Å²) < 4.78 is 23.1. The van der Waals surface area contributed by atoms with Gasteiger partial charge in [-0.2, -0.15) is 0 Å². The van der Waals surface area contributed by atoms with E-state index in [0.29, 0.717) is 19.4 Å². The highest BCUT2D eigenvalue weighted by molar-refractivity contribution is 7.91. The van der Waals surface area contributed by atoms with Gasteiger partial charge in [0.05, 0.1) is 17.0 Å². The maximum atomic E-state index is 11.6. The lowest BCUT2D eigenvalue weighted by Gasteiger charge is -2.31. The summed E-state index contributed by atoms with van der Waals surface area (Å²) in [4.78, 5) is 13.8. The van der Waals surface area contributed by atoms with Gasteiger partial charge in [0.1, 0.15) is 0 Å². The summed E-state index contributed by atoms with van der Waals surface area (Å²) in [6.07, 6.45) is 2.17. The highest BCUT2D eigenvalue weighted by Crippen LogP contribution is 2.15. The van der Waals surface area contributed by atoms with Crippen molar-refractivity contribution in [1.82, 2.24) is 10.2 Å². The Hall–Kier alpha value is -0.660. The number of hydrogen-bond donors (Lipinski definition) is 2. The first-order chi connectivity index (χ1) is 9.65. The average molecular weight is 319 g/mol. The lowest BCUT2D eigenvalue weighted by Crippen LogP contribution is -2.55. The van der Waals surface area contributed by atoms with Crippen LogP contribution in [-0.2, 0) is 14.6 Å². The maximum absolute atomic E-state index is 11.6. The molecule has 1 fully saturated rings. The van der Waals surface area contributed by atoms with Crippen molar-refractivity contribution in [2.75, 3.05) is 31.1 Å². The normalized spacial score (nSPS) is 22.7. The van der Waals surface area contributed by atoms with E-state index in [0.717, 1.165) is 19.5 Å². The summed E-state index contributed by atoms with van der Waals surface area (Å²) in [5, 5.41) is 3.23. The molecule has 1 rings (SSSR count). The Morgan fingerprint density at radius 2 is 2.00 bits per heavy atom.